The Hall–Kier alpha value is -2.19. The number of fused-ring (bicyclic) bond motifs is 1. The third kappa shape index (κ3) is 4.30. The molecule has 2 unspecified atom stereocenters. The first kappa shape index (κ1) is 21.1. The Bertz CT molecular complexity index is 1060. The zero-order valence-corrected chi connectivity index (χ0v) is 18.9. The van der Waals surface area contributed by atoms with Gasteiger partial charge >= 0.3 is 0 Å². The lowest BCUT2D eigenvalue weighted by Crippen LogP contribution is -2.23. The maximum Gasteiger partial charge on any atom is 0.237 e. The molecule has 1 aliphatic carbocycles. The summed E-state index contributed by atoms with van der Waals surface area (Å²) in [5.74, 6) is 0.883. The minimum Gasteiger partial charge on any atom is -0.323 e. The molecule has 0 bridgehead atoms. The SMILES string of the molecule is CCC1CCc2sc(-c3nnc(SC(C)C(=O)Nc4ccccc4F)n3C)cc2C1. The van der Waals surface area contributed by atoms with E-state index in [1.165, 1.54) is 41.1 Å². The Morgan fingerprint density at radius 2 is 2.20 bits per heavy atom. The number of carbonyl (C=O) groups is 1. The minimum absolute atomic E-state index is 0.183. The number of benzene rings is 1. The summed E-state index contributed by atoms with van der Waals surface area (Å²) in [6.07, 6.45) is 4.78. The van der Waals surface area contributed by atoms with Gasteiger partial charge in [0.05, 0.1) is 15.8 Å². The number of nitrogens with one attached hydrogen (secondary N) is 1. The molecule has 0 aliphatic heterocycles. The van der Waals surface area contributed by atoms with Gasteiger partial charge in [0.15, 0.2) is 11.0 Å². The van der Waals surface area contributed by atoms with E-state index in [1.807, 2.05) is 11.6 Å². The molecule has 2 heterocycles. The van der Waals surface area contributed by atoms with Crippen LogP contribution in [-0.4, -0.2) is 25.9 Å². The number of amides is 1. The van der Waals surface area contributed by atoms with Crippen LogP contribution in [0.3, 0.4) is 0 Å². The van der Waals surface area contributed by atoms with Crippen LogP contribution >= 0.6 is 23.1 Å². The lowest BCUT2D eigenvalue weighted by Gasteiger charge is -2.19. The van der Waals surface area contributed by atoms with E-state index in [4.69, 9.17) is 0 Å². The molecule has 1 amide bonds. The fraction of sp³-hybridized carbons (Fsp3) is 0.409. The monoisotopic (exact) mass is 444 g/mol. The zero-order valence-electron chi connectivity index (χ0n) is 17.3. The van der Waals surface area contributed by atoms with Gasteiger partial charge in [0.25, 0.3) is 0 Å². The molecule has 0 saturated carbocycles. The zero-order chi connectivity index (χ0) is 21.3. The number of anilines is 1. The van der Waals surface area contributed by atoms with E-state index in [1.54, 1.807) is 36.5 Å². The summed E-state index contributed by atoms with van der Waals surface area (Å²) < 4.78 is 15.7. The molecule has 158 valence electrons. The molecule has 1 N–H and O–H groups in total. The molecule has 1 aromatic carbocycles. The quantitative estimate of drug-likeness (QED) is 0.523. The summed E-state index contributed by atoms with van der Waals surface area (Å²) in [4.78, 5) is 15.1. The number of nitrogens with zero attached hydrogens (tertiary/aromatic N) is 3. The third-order valence-electron chi connectivity index (χ3n) is 5.60. The van der Waals surface area contributed by atoms with Crippen molar-refractivity contribution < 1.29 is 9.18 Å². The van der Waals surface area contributed by atoms with Crippen molar-refractivity contribution in [2.24, 2.45) is 13.0 Å². The Kier molecular flexibility index (Phi) is 6.24. The van der Waals surface area contributed by atoms with Gasteiger partial charge in [0.1, 0.15) is 5.82 Å². The summed E-state index contributed by atoms with van der Waals surface area (Å²) in [5, 5.41) is 11.6. The number of hydrogen-bond donors (Lipinski definition) is 1. The standard InChI is InChI=1S/C22H25FN4OS2/c1-4-14-9-10-18-15(11-14)12-19(30-18)20-25-26-22(27(20)3)29-13(2)21(28)24-17-8-6-5-7-16(17)23/h5-8,12-14H,4,9-11H2,1-3H3,(H,24,28). The second kappa shape index (κ2) is 8.89. The van der Waals surface area contributed by atoms with Crippen LogP contribution in [0.25, 0.3) is 10.7 Å². The summed E-state index contributed by atoms with van der Waals surface area (Å²) in [6, 6.07) is 8.41. The second-order valence-corrected chi connectivity index (χ2v) is 10.1. The average molecular weight is 445 g/mol. The van der Waals surface area contributed by atoms with Crippen LogP contribution in [0.15, 0.2) is 35.5 Å². The maximum absolute atomic E-state index is 13.8. The van der Waals surface area contributed by atoms with Crippen LogP contribution in [0.4, 0.5) is 10.1 Å². The van der Waals surface area contributed by atoms with Gasteiger partial charge in [0, 0.05) is 11.9 Å². The van der Waals surface area contributed by atoms with Crippen molar-refractivity contribution in [3.63, 3.8) is 0 Å². The number of halogens is 1. The van der Waals surface area contributed by atoms with Gasteiger partial charge in [-0.15, -0.1) is 21.5 Å². The van der Waals surface area contributed by atoms with Crippen molar-refractivity contribution >= 4 is 34.7 Å². The molecule has 2 aromatic heterocycles. The smallest absolute Gasteiger partial charge is 0.237 e. The number of thioether (sulfide) groups is 1. The minimum atomic E-state index is -0.448. The first-order valence-corrected chi connectivity index (χ1v) is 11.9. The molecule has 0 spiro atoms. The van der Waals surface area contributed by atoms with Crippen LogP contribution in [0, 0.1) is 11.7 Å². The molecular formula is C22H25FN4OS2. The summed E-state index contributed by atoms with van der Waals surface area (Å²) in [6.45, 7) is 4.04. The van der Waals surface area contributed by atoms with Gasteiger partial charge in [-0.25, -0.2) is 4.39 Å². The summed E-state index contributed by atoms with van der Waals surface area (Å²) in [7, 11) is 1.92. The fourth-order valence-electron chi connectivity index (χ4n) is 3.70. The van der Waals surface area contributed by atoms with Crippen LogP contribution in [0.2, 0.25) is 0 Å². The number of hydrogen-bond acceptors (Lipinski definition) is 5. The molecule has 4 rings (SSSR count). The van der Waals surface area contributed by atoms with E-state index in [0.717, 1.165) is 29.5 Å². The van der Waals surface area contributed by atoms with Gasteiger partial charge in [-0.3, -0.25) is 4.79 Å². The molecule has 2 atom stereocenters. The van der Waals surface area contributed by atoms with Gasteiger partial charge in [-0.05, 0) is 55.9 Å². The highest BCUT2D eigenvalue weighted by Crippen LogP contribution is 2.38. The Labute approximate surface area is 184 Å². The maximum atomic E-state index is 13.8. The number of carbonyl (C=O) groups excluding carboxylic acids is 1. The van der Waals surface area contributed by atoms with E-state index in [2.05, 4.69) is 28.5 Å². The van der Waals surface area contributed by atoms with Crippen molar-refractivity contribution in [1.29, 1.82) is 0 Å². The van der Waals surface area contributed by atoms with E-state index >= 15 is 0 Å². The van der Waals surface area contributed by atoms with Crippen molar-refractivity contribution in [2.45, 2.75) is 49.9 Å². The molecule has 0 saturated heterocycles. The largest absolute Gasteiger partial charge is 0.323 e. The van der Waals surface area contributed by atoms with Crippen LogP contribution in [0.5, 0.6) is 0 Å². The third-order valence-corrected chi connectivity index (χ3v) is 7.97. The van der Waals surface area contributed by atoms with Crippen LogP contribution in [0.1, 0.15) is 37.1 Å². The first-order chi connectivity index (χ1) is 14.5. The van der Waals surface area contributed by atoms with Crippen LogP contribution in [-0.2, 0) is 24.7 Å². The molecular weight excluding hydrogens is 419 g/mol. The topological polar surface area (TPSA) is 59.8 Å². The molecule has 8 heteroatoms. The predicted octanol–water partition coefficient (Wildman–Crippen LogP) is 5.32. The molecule has 3 aromatic rings. The van der Waals surface area contributed by atoms with Crippen LogP contribution < -0.4 is 5.32 Å². The molecule has 0 radical (unpaired) electrons. The Morgan fingerprint density at radius 3 is 2.97 bits per heavy atom. The normalized spacial score (nSPS) is 16.9. The summed E-state index contributed by atoms with van der Waals surface area (Å²) >= 11 is 3.12. The lowest BCUT2D eigenvalue weighted by molar-refractivity contribution is -0.115. The highest BCUT2D eigenvalue weighted by Gasteiger charge is 2.24. The van der Waals surface area contributed by atoms with Gasteiger partial charge in [-0.1, -0.05) is 37.2 Å². The molecule has 5 nitrogen and oxygen atoms in total. The number of thiophene rings is 1. The molecule has 30 heavy (non-hydrogen) atoms. The van der Waals surface area contributed by atoms with E-state index < -0.39 is 11.1 Å². The first-order valence-electron chi connectivity index (χ1n) is 10.2. The molecule has 0 fully saturated rings. The number of para-hydroxylation sites is 1. The predicted molar refractivity (Wildman–Crippen MR) is 120 cm³/mol. The highest BCUT2D eigenvalue weighted by atomic mass is 32.2. The number of aryl methyl sites for hydroxylation is 1. The average Bonchev–Trinajstić information content (AvgIpc) is 3.32. The van der Waals surface area contributed by atoms with Gasteiger partial charge in [0.2, 0.25) is 5.91 Å². The van der Waals surface area contributed by atoms with E-state index in [9.17, 15) is 9.18 Å². The van der Waals surface area contributed by atoms with Gasteiger partial charge < -0.3 is 9.88 Å². The van der Waals surface area contributed by atoms with Gasteiger partial charge in [-0.2, -0.15) is 0 Å². The van der Waals surface area contributed by atoms with E-state index in [-0.39, 0.29) is 11.6 Å². The van der Waals surface area contributed by atoms with Crippen molar-refractivity contribution in [3.8, 4) is 10.7 Å². The van der Waals surface area contributed by atoms with Crippen molar-refractivity contribution in [1.82, 2.24) is 14.8 Å². The second-order valence-electron chi connectivity index (χ2n) is 7.67. The Balaban J connectivity index is 1.47. The lowest BCUT2D eigenvalue weighted by atomic mass is 9.87. The fourth-order valence-corrected chi connectivity index (χ4v) is 5.74. The number of aromatic nitrogens is 3. The van der Waals surface area contributed by atoms with Crippen molar-refractivity contribution in [2.75, 3.05) is 5.32 Å². The highest BCUT2D eigenvalue weighted by molar-refractivity contribution is 8.00. The van der Waals surface area contributed by atoms with Crippen molar-refractivity contribution in [3.05, 3.63) is 46.6 Å². The number of rotatable bonds is 6. The van der Waals surface area contributed by atoms with E-state index in [0.29, 0.717) is 5.16 Å². The Morgan fingerprint density at radius 1 is 1.40 bits per heavy atom. The molecule has 1 aliphatic rings. The summed E-state index contributed by atoms with van der Waals surface area (Å²) in [5.41, 5.74) is 1.63.